The van der Waals surface area contributed by atoms with E-state index in [4.69, 9.17) is 18.9 Å². The molecule has 7 heteroatoms. The Morgan fingerprint density at radius 3 is 2.49 bits per heavy atom. The summed E-state index contributed by atoms with van der Waals surface area (Å²) in [7, 11) is 0. The highest BCUT2D eigenvalue weighted by molar-refractivity contribution is 5.99. The van der Waals surface area contributed by atoms with Gasteiger partial charge in [-0.05, 0) is 106 Å². The van der Waals surface area contributed by atoms with E-state index in [-0.39, 0.29) is 29.3 Å². The highest BCUT2D eigenvalue weighted by atomic mass is 16.7. The van der Waals surface area contributed by atoms with E-state index in [0.29, 0.717) is 44.5 Å². The van der Waals surface area contributed by atoms with Gasteiger partial charge in [0, 0.05) is 48.9 Å². The summed E-state index contributed by atoms with van der Waals surface area (Å²) in [6, 6.07) is 8.39. The zero-order valence-corrected chi connectivity index (χ0v) is 27.1. The number of hydrogen-bond acceptors (Lipinski definition) is 7. The van der Waals surface area contributed by atoms with Crippen LogP contribution in [0.25, 0.3) is 0 Å². The second-order valence-corrected chi connectivity index (χ2v) is 15.8. The molecule has 1 spiro atoms. The first-order valence-electron chi connectivity index (χ1n) is 18.1. The molecular weight excluding hydrogens is 568 g/mol. The molecule has 5 aliphatic carbocycles. The summed E-state index contributed by atoms with van der Waals surface area (Å²) in [5, 5.41) is 24.8. The summed E-state index contributed by atoms with van der Waals surface area (Å²) < 4.78 is 24.1. The summed E-state index contributed by atoms with van der Waals surface area (Å²) in [4.78, 5) is 12.9. The lowest BCUT2D eigenvalue weighted by Crippen LogP contribution is -2.55. The Bertz CT molecular complexity index is 1310. The quantitative estimate of drug-likeness (QED) is 0.192. The second-order valence-electron chi connectivity index (χ2n) is 15.8. The number of hydrogen-bond donors (Lipinski definition) is 2. The van der Waals surface area contributed by atoms with E-state index in [2.05, 4.69) is 19.1 Å². The van der Waals surface area contributed by atoms with E-state index in [9.17, 15) is 15.0 Å². The third-order valence-corrected chi connectivity index (χ3v) is 13.3. The van der Waals surface area contributed by atoms with Crippen LogP contribution in [0, 0.1) is 23.2 Å². The van der Waals surface area contributed by atoms with Crippen LogP contribution in [0.2, 0.25) is 0 Å². The average molecular weight is 621 g/mol. The standard InChI is InChI=1S/C38H52O7/c1-35-23-29(25-6-8-26(9-7-25)34(39)27-10-11-27)33-28(12-16-36(40)24-38(18-14-31(33)36)44-21-22-45-38)30(35)13-17-37(35,41)15-4-20-43-32-5-2-3-19-42-32/h6-9,27-30,32,40-41H,2-5,10-24H2,1H3/t28-,29+,30-,32?,35-,36+,37-/m0/s1. The molecule has 1 unspecified atom stereocenters. The molecule has 4 saturated carbocycles. The van der Waals surface area contributed by atoms with Crippen LogP contribution >= 0.6 is 0 Å². The normalized spacial score (nSPS) is 40.7. The van der Waals surface area contributed by atoms with Gasteiger partial charge in [0.1, 0.15) is 0 Å². The first-order valence-corrected chi connectivity index (χ1v) is 18.1. The fraction of sp³-hybridized carbons (Fsp3) is 0.763. The molecule has 7 aliphatic rings. The molecule has 0 aromatic heterocycles. The molecule has 246 valence electrons. The van der Waals surface area contributed by atoms with Crippen LogP contribution in [0.1, 0.15) is 125 Å². The number of ether oxygens (including phenoxy) is 4. The van der Waals surface area contributed by atoms with Gasteiger partial charge in [-0.25, -0.2) is 0 Å². The molecular formula is C38H52O7. The Balaban J connectivity index is 1.10. The monoisotopic (exact) mass is 620 g/mol. The van der Waals surface area contributed by atoms with Crippen LogP contribution in [-0.2, 0) is 18.9 Å². The summed E-state index contributed by atoms with van der Waals surface area (Å²) in [5.41, 5.74) is 2.71. The van der Waals surface area contributed by atoms with Crippen molar-refractivity contribution in [1.29, 1.82) is 0 Å². The third-order valence-electron chi connectivity index (χ3n) is 13.3. The van der Waals surface area contributed by atoms with Gasteiger partial charge in [0.2, 0.25) is 0 Å². The fourth-order valence-corrected chi connectivity index (χ4v) is 10.7. The number of benzene rings is 1. The van der Waals surface area contributed by atoms with E-state index in [1.807, 2.05) is 12.1 Å². The van der Waals surface area contributed by atoms with Crippen LogP contribution in [0.4, 0.5) is 0 Å². The fourth-order valence-electron chi connectivity index (χ4n) is 10.7. The largest absolute Gasteiger partial charge is 0.389 e. The predicted octanol–water partition coefficient (Wildman–Crippen LogP) is 6.60. The molecule has 2 saturated heterocycles. The molecule has 45 heavy (non-hydrogen) atoms. The molecule has 7 nitrogen and oxygen atoms in total. The zero-order valence-electron chi connectivity index (χ0n) is 27.1. The Morgan fingerprint density at radius 1 is 0.956 bits per heavy atom. The van der Waals surface area contributed by atoms with Crippen LogP contribution in [0.15, 0.2) is 35.4 Å². The van der Waals surface area contributed by atoms with Gasteiger partial charge in [-0.3, -0.25) is 4.79 Å². The van der Waals surface area contributed by atoms with E-state index >= 15 is 0 Å². The second kappa shape index (κ2) is 11.5. The Kier molecular flexibility index (Phi) is 7.86. The molecule has 0 radical (unpaired) electrons. The van der Waals surface area contributed by atoms with Crippen molar-refractivity contribution >= 4 is 5.78 Å². The van der Waals surface area contributed by atoms with Crippen molar-refractivity contribution in [2.45, 2.75) is 132 Å². The maximum Gasteiger partial charge on any atom is 0.171 e. The van der Waals surface area contributed by atoms with Crippen molar-refractivity contribution in [3.8, 4) is 0 Å². The Labute approximate surface area is 268 Å². The van der Waals surface area contributed by atoms with Crippen LogP contribution < -0.4 is 0 Å². The highest BCUT2D eigenvalue weighted by Gasteiger charge is 2.64. The molecule has 2 N–H and O–H groups in total. The maximum absolute atomic E-state index is 12.9. The maximum atomic E-state index is 12.9. The topological polar surface area (TPSA) is 94.5 Å². The number of carbonyl (C=O) groups is 1. The van der Waals surface area contributed by atoms with E-state index in [1.54, 1.807) is 0 Å². The van der Waals surface area contributed by atoms with Crippen molar-refractivity contribution in [3.05, 3.63) is 46.5 Å². The number of fused-ring (bicyclic) bond motifs is 4. The molecule has 0 bridgehead atoms. The minimum Gasteiger partial charge on any atom is -0.389 e. The lowest BCUT2D eigenvalue weighted by atomic mass is 9.49. The van der Waals surface area contributed by atoms with Gasteiger partial charge >= 0.3 is 0 Å². The number of Topliss-reactive ketones (excluding diaryl/α,β-unsaturated/α-hetero) is 1. The molecule has 6 fully saturated rings. The minimum atomic E-state index is -0.921. The molecule has 7 atom stereocenters. The van der Waals surface area contributed by atoms with Gasteiger partial charge < -0.3 is 29.2 Å². The number of carbonyl (C=O) groups excluding carboxylic acids is 1. The summed E-state index contributed by atoms with van der Waals surface area (Å²) in [6.07, 6.45) is 13.1. The predicted molar refractivity (Wildman–Crippen MR) is 169 cm³/mol. The molecule has 0 amide bonds. The first-order chi connectivity index (χ1) is 21.7. The third kappa shape index (κ3) is 5.28. The summed E-state index contributed by atoms with van der Waals surface area (Å²) in [5.74, 6) is 0.609. The molecule has 2 aliphatic heterocycles. The molecule has 2 heterocycles. The van der Waals surface area contributed by atoms with E-state index in [1.165, 1.54) is 16.7 Å². The molecule has 1 aromatic rings. The van der Waals surface area contributed by atoms with Gasteiger partial charge in [-0.15, -0.1) is 0 Å². The molecule has 8 rings (SSSR count). The Hall–Kier alpha value is -1.61. The smallest absolute Gasteiger partial charge is 0.171 e. The Morgan fingerprint density at radius 2 is 1.76 bits per heavy atom. The van der Waals surface area contributed by atoms with Gasteiger partial charge in [-0.2, -0.15) is 0 Å². The van der Waals surface area contributed by atoms with E-state index < -0.39 is 17.0 Å². The van der Waals surface area contributed by atoms with Crippen molar-refractivity contribution in [1.82, 2.24) is 0 Å². The SMILES string of the molecule is C[C@]12C[C@H](c3ccc(C(=O)C4CC4)cc3)C3=C4CCC5(C[C@]4(O)CC[C@H]3[C@@H]1CC[C@@]2(O)CCCOC1CCCCO1)OCCO5. The first kappa shape index (κ1) is 30.7. The van der Waals surface area contributed by atoms with Gasteiger partial charge in [-0.1, -0.05) is 36.8 Å². The van der Waals surface area contributed by atoms with E-state index in [0.717, 1.165) is 95.6 Å². The zero-order chi connectivity index (χ0) is 30.9. The lowest BCUT2D eigenvalue weighted by Gasteiger charge is -2.57. The van der Waals surface area contributed by atoms with Gasteiger partial charge in [0.15, 0.2) is 17.9 Å². The van der Waals surface area contributed by atoms with Crippen molar-refractivity contribution in [2.75, 3.05) is 26.4 Å². The summed E-state index contributed by atoms with van der Waals surface area (Å²) >= 11 is 0. The lowest BCUT2D eigenvalue weighted by molar-refractivity contribution is -0.208. The number of rotatable bonds is 8. The van der Waals surface area contributed by atoms with Gasteiger partial charge in [0.05, 0.1) is 24.4 Å². The molecule has 1 aromatic carbocycles. The number of aliphatic hydroxyl groups is 2. The minimum absolute atomic E-state index is 0.0964. The van der Waals surface area contributed by atoms with Gasteiger partial charge in [0.25, 0.3) is 0 Å². The average Bonchev–Trinajstić information content (AvgIpc) is 3.75. The number of ketones is 1. The summed E-state index contributed by atoms with van der Waals surface area (Å²) in [6.45, 7) is 4.94. The highest BCUT2D eigenvalue weighted by Crippen LogP contribution is 2.68. The van der Waals surface area contributed by atoms with Crippen molar-refractivity contribution in [3.63, 3.8) is 0 Å². The van der Waals surface area contributed by atoms with Crippen LogP contribution in [0.5, 0.6) is 0 Å². The van der Waals surface area contributed by atoms with Crippen LogP contribution in [0.3, 0.4) is 0 Å². The van der Waals surface area contributed by atoms with Crippen LogP contribution in [-0.4, -0.2) is 65.7 Å². The van der Waals surface area contributed by atoms with Crippen molar-refractivity contribution < 1.29 is 34.0 Å². The number of allylic oxidation sites excluding steroid dienone is 1. The van der Waals surface area contributed by atoms with Crippen molar-refractivity contribution in [2.24, 2.45) is 23.2 Å².